The Morgan fingerprint density at radius 3 is 2.57 bits per heavy atom. The minimum absolute atomic E-state index is 0.142. The molecule has 1 aromatic heterocycles. The van der Waals surface area contributed by atoms with Gasteiger partial charge in [-0.15, -0.1) is 0 Å². The Balaban J connectivity index is 1.47. The Hall–Kier alpha value is -1.69. The molecular formula is C23H34N4O. The summed E-state index contributed by atoms with van der Waals surface area (Å²) in [5.74, 6) is 0.819. The molecule has 1 N–H and O–H groups in total. The second kappa shape index (κ2) is 8.36. The zero-order valence-electron chi connectivity index (χ0n) is 17.6. The van der Waals surface area contributed by atoms with E-state index in [1.807, 2.05) is 10.9 Å². The van der Waals surface area contributed by atoms with Crippen molar-refractivity contribution in [2.24, 2.45) is 5.92 Å². The Morgan fingerprint density at radius 1 is 1.11 bits per heavy atom. The maximum atomic E-state index is 9.24. The molecule has 3 heterocycles. The lowest BCUT2D eigenvalue weighted by Crippen LogP contribution is -2.34. The monoisotopic (exact) mass is 382 g/mol. The molecule has 0 aliphatic carbocycles. The summed E-state index contributed by atoms with van der Waals surface area (Å²) >= 11 is 0. The summed E-state index contributed by atoms with van der Waals surface area (Å²) in [5, 5.41) is 13.7. The molecule has 1 aromatic carbocycles. The molecule has 0 saturated carbocycles. The van der Waals surface area contributed by atoms with Crippen LogP contribution < -0.4 is 0 Å². The lowest BCUT2D eigenvalue weighted by Gasteiger charge is -2.31. The van der Waals surface area contributed by atoms with E-state index < -0.39 is 0 Å². The highest BCUT2D eigenvalue weighted by atomic mass is 16.3. The van der Waals surface area contributed by atoms with E-state index in [0.717, 1.165) is 32.1 Å². The van der Waals surface area contributed by atoms with Gasteiger partial charge in [-0.2, -0.15) is 5.10 Å². The third-order valence-corrected chi connectivity index (χ3v) is 6.41. The molecule has 0 radical (unpaired) electrons. The standard InChI is InChI=1S/C23H34N4O/c1-17-5-4-6-25(12-17)13-20-9-18(2)10-21(19(20)3)14-26-15-22-11-24-27(7-8-28)23(22)16-26/h9-11,17,28H,4-8,12-16H2,1-3H3. The van der Waals surface area contributed by atoms with Crippen LogP contribution in [0.15, 0.2) is 18.3 Å². The van der Waals surface area contributed by atoms with Crippen LogP contribution in [0, 0.1) is 19.8 Å². The fourth-order valence-electron chi connectivity index (χ4n) is 4.93. The molecule has 1 saturated heterocycles. The fraction of sp³-hybridized carbons (Fsp3) is 0.609. The maximum Gasteiger partial charge on any atom is 0.0644 e. The molecule has 1 atom stereocenters. The van der Waals surface area contributed by atoms with E-state index in [2.05, 4.69) is 47.8 Å². The minimum atomic E-state index is 0.142. The summed E-state index contributed by atoms with van der Waals surface area (Å²) in [6.07, 6.45) is 4.67. The van der Waals surface area contributed by atoms with Gasteiger partial charge in [0, 0.05) is 38.3 Å². The predicted molar refractivity (Wildman–Crippen MR) is 112 cm³/mol. The van der Waals surface area contributed by atoms with E-state index in [9.17, 15) is 5.11 Å². The zero-order valence-corrected chi connectivity index (χ0v) is 17.6. The first-order valence-electron chi connectivity index (χ1n) is 10.7. The molecule has 0 spiro atoms. The van der Waals surface area contributed by atoms with Crippen LogP contribution in [0.25, 0.3) is 0 Å². The number of rotatable bonds is 6. The van der Waals surface area contributed by atoms with Crippen molar-refractivity contribution in [3.63, 3.8) is 0 Å². The van der Waals surface area contributed by atoms with Crippen LogP contribution in [0.5, 0.6) is 0 Å². The summed E-state index contributed by atoms with van der Waals surface area (Å²) in [6.45, 7) is 14.0. The van der Waals surface area contributed by atoms with Crippen molar-refractivity contribution in [1.82, 2.24) is 19.6 Å². The van der Waals surface area contributed by atoms with Crippen LogP contribution in [0.1, 0.15) is 53.3 Å². The highest BCUT2D eigenvalue weighted by Crippen LogP contribution is 2.27. The summed E-state index contributed by atoms with van der Waals surface area (Å²) in [7, 11) is 0. The second-order valence-corrected chi connectivity index (χ2v) is 8.90. The van der Waals surface area contributed by atoms with Crippen LogP contribution in [0.3, 0.4) is 0 Å². The SMILES string of the molecule is Cc1cc(CN2Cc3cnn(CCO)c3C2)c(C)c(CN2CCCC(C)C2)c1. The molecular weight excluding hydrogens is 348 g/mol. The summed E-state index contributed by atoms with van der Waals surface area (Å²) in [6, 6.07) is 4.75. The molecule has 5 nitrogen and oxygen atoms in total. The number of fused-ring (bicyclic) bond motifs is 1. The summed E-state index contributed by atoms with van der Waals surface area (Å²) < 4.78 is 1.96. The Labute approximate surface area is 169 Å². The number of aliphatic hydroxyl groups is 1. The number of piperidine rings is 1. The third kappa shape index (κ3) is 4.17. The number of benzene rings is 1. The topological polar surface area (TPSA) is 44.5 Å². The first-order valence-corrected chi connectivity index (χ1v) is 10.7. The van der Waals surface area contributed by atoms with Crippen LogP contribution in [0.4, 0.5) is 0 Å². The number of hydrogen-bond acceptors (Lipinski definition) is 4. The van der Waals surface area contributed by atoms with E-state index in [0.29, 0.717) is 6.54 Å². The predicted octanol–water partition coefficient (Wildman–Crippen LogP) is 3.24. The molecule has 2 aliphatic rings. The van der Waals surface area contributed by atoms with Gasteiger partial charge in [0.15, 0.2) is 0 Å². The van der Waals surface area contributed by atoms with Crippen LogP contribution >= 0.6 is 0 Å². The van der Waals surface area contributed by atoms with E-state index in [1.165, 1.54) is 59.4 Å². The maximum absolute atomic E-state index is 9.24. The van der Waals surface area contributed by atoms with Crippen molar-refractivity contribution in [2.75, 3.05) is 19.7 Å². The van der Waals surface area contributed by atoms with Crippen molar-refractivity contribution >= 4 is 0 Å². The van der Waals surface area contributed by atoms with Gasteiger partial charge in [0.25, 0.3) is 0 Å². The van der Waals surface area contributed by atoms with Crippen molar-refractivity contribution in [3.05, 3.63) is 51.8 Å². The highest BCUT2D eigenvalue weighted by molar-refractivity contribution is 5.38. The van der Waals surface area contributed by atoms with Crippen LogP contribution in [-0.2, 0) is 32.7 Å². The Bertz CT molecular complexity index is 828. The molecule has 2 aliphatic heterocycles. The molecule has 5 heteroatoms. The fourth-order valence-corrected chi connectivity index (χ4v) is 4.93. The van der Waals surface area contributed by atoms with E-state index >= 15 is 0 Å². The zero-order chi connectivity index (χ0) is 19.7. The van der Waals surface area contributed by atoms with Gasteiger partial charge in [0.1, 0.15) is 0 Å². The average Bonchev–Trinajstić information content (AvgIpc) is 3.21. The molecule has 1 unspecified atom stereocenters. The molecule has 28 heavy (non-hydrogen) atoms. The number of nitrogens with zero attached hydrogens (tertiary/aromatic N) is 4. The van der Waals surface area contributed by atoms with E-state index in [-0.39, 0.29) is 6.61 Å². The van der Waals surface area contributed by atoms with Gasteiger partial charge in [0.2, 0.25) is 0 Å². The van der Waals surface area contributed by atoms with E-state index in [1.54, 1.807) is 0 Å². The molecule has 1 fully saturated rings. The average molecular weight is 383 g/mol. The molecule has 2 aromatic rings. The quantitative estimate of drug-likeness (QED) is 0.833. The largest absolute Gasteiger partial charge is 0.394 e. The van der Waals surface area contributed by atoms with Gasteiger partial charge in [-0.05, 0) is 55.8 Å². The molecule has 4 rings (SSSR count). The minimum Gasteiger partial charge on any atom is -0.394 e. The van der Waals surface area contributed by atoms with Crippen molar-refractivity contribution in [3.8, 4) is 0 Å². The first kappa shape index (κ1) is 19.6. The number of likely N-dealkylation sites (tertiary alicyclic amines) is 1. The number of hydrogen-bond donors (Lipinski definition) is 1. The smallest absolute Gasteiger partial charge is 0.0644 e. The lowest BCUT2D eigenvalue weighted by atomic mass is 9.96. The normalized spacial score (nSPS) is 20.6. The first-order chi connectivity index (χ1) is 13.5. The number of aliphatic hydroxyl groups excluding tert-OH is 1. The molecule has 0 bridgehead atoms. The van der Waals surface area contributed by atoms with Gasteiger partial charge in [0.05, 0.1) is 25.0 Å². The third-order valence-electron chi connectivity index (χ3n) is 6.41. The van der Waals surface area contributed by atoms with Crippen LogP contribution in [0.2, 0.25) is 0 Å². The van der Waals surface area contributed by atoms with Crippen molar-refractivity contribution < 1.29 is 5.11 Å². The molecule has 152 valence electrons. The van der Waals surface area contributed by atoms with Crippen LogP contribution in [-0.4, -0.2) is 44.4 Å². The summed E-state index contributed by atoms with van der Waals surface area (Å²) in [5.41, 5.74) is 8.34. The van der Waals surface area contributed by atoms with Crippen molar-refractivity contribution in [2.45, 2.75) is 66.3 Å². The highest BCUT2D eigenvalue weighted by Gasteiger charge is 2.24. The van der Waals surface area contributed by atoms with Gasteiger partial charge >= 0.3 is 0 Å². The Kier molecular flexibility index (Phi) is 5.85. The van der Waals surface area contributed by atoms with Gasteiger partial charge < -0.3 is 5.11 Å². The lowest BCUT2D eigenvalue weighted by molar-refractivity contribution is 0.176. The Morgan fingerprint density at radius 2 is 1.86 bits per heavy atom. The number of aromatic nitrogens is 2. The van der Waals surface area contributed by atoms with Gasteiger partial charge in [-0.3, -0.25) is 14.5 Å². The number of aryl methyl sites for hydroxylation is 1. The second-order valence-electron chi connectivity index (χ2n) is 8.90. The van der Waals surface area contributed by atoms with Crippen molar-refractivity contribution in [1.29, 1.82) is 0 Å². The van der Waals surface area contributed by atoms with Gasteiger partial charge in [-0.1, -0.05) is 24.6 Å². The van der Waals surface area contributed by atoms with Gasteiger partial charge in [-0.25, -0.2) is 0 Å². The summed E-state index contributed by atoms with van der Waals surface area (Å²) in [4.78, 5) is 5.13. The van der Waals surface area contributed by atoms with E-state index in [4.69, 9.17) is 0 Å². The molecule has 0 amide bonds.